The summed E-state index contributed by atoms with van der Waals surface area (Å²) in [4.78, 5) is 6.64. The molecular weight excluding hydrogens is 346 g/mol. The maximum Gasteiger partial charge on any atom is 0.241 e. The number of fused-ring (bicyclic) bond motifs is 2. The fourth-order valence-electron chi connectivity index (χ4n) is 3.47. The third kappa shape index (κ3) is 3.21. The molecule has 0 unspecified atom stereocenters. The van der Waals surface area contributed by atoms with Crippen LogP contribution in [0.3, 0.4) is 0 Å². The maximum atomic E-state index is 6.00. The van der Waals surface area contributed by atoms with Crippen molar-refractivity contribution in [1.82, 2.24) is 15.0 Å². The van der Waals surface area contributed by atoms with E-state index in [1.807, 2.05) is 43.4 Å². The standard InChI is InChI=1S/C20H19N3O4/c1-23(10-15-8-13-4-2-3-5-16(13)26-15)11-19-21-20(22-27-19)14-6-7-17-18(9-14)25-12-24-17/h2-7,9,15H,8,10-12H2,1H3/t15-/m1/s1. The van der Waals surface area contributed by atoms with E-state index < -0.39 is 0 Å². The van der Waals surface area contributed by atoms with Gasteiger partial charge in [0.25, 0.3) is 0 Å². The fraction of sp³-hybridized carbons (Fsp3) is 0.300. The molecule has 5 rings (SSSR count). The second-order valence-electron chi connectivity index (χ2n) is 6.83. The van der Waals surface area contributed by atoms with Crippen LogP contribution in [-0.2, 0) is 13.0 Å². The Labute approximate surface area is 156 Å². The maximum absolute atomic E-state index is 6.00. The zero-order valence-electron chi connectivity index (χ0n) is 14.9. The molecule has 0 saturated carbocycles. The summed E-state index contributed by atoms with van der Waals surface area (Å²) < 4.78 is 22.1. The van der Waals surface area contributed by atoms with Crippen LogP contribution in [0.4, 0.5) is 0 Å². The van der Waals surface area contributed by atoms with E-state index in [0.29, 0.717) is 24.0 Å². The Kier molecular flexibility index (Phi) is 3.94. The SMILES string of the molecule is CN(Cc1nc(-c2ccc3c(c2)OCO3)no1)C[C@H]1Cc2ccccc2O1. The number of hydrogen-bond acceptors (Lipinski definition) is 7. The summed E-state index contributed by atoms with van der Waals surface area (Å²) in [7, 11) is 2.02. The Balaban J connectivity index is 1.22. The first-order valence-corrected chi connectivity index (χ1v) is 8.90. The van der Waals surface area contributed by atoms with Gasteiger partial charge in [0.15, 0.2) is 11.5 Å². The Morgan fingerprint density at radius 1 is 1.07 bits per heavy atom. The van der Waals surface area contributed by atoms with Crippen molar-refractivity contribution in [3.8, 4) is 28.6 Å². The lowest BCUT2D eigenvalue weighted by Crippen LogP contribution is -2.31. The average molecular weight is 365 g/mol. The van der Waals surface area contributed by atoms with Crippen molar-refractivity contribution in [1.29, 1.82) is 0 Å². The summed E-state index contributed by atoms with van der Waals surface area (Å²) in [5, 5.41) is 4.09. The lowest BCUT2D eigenvalue weighted by atomic mass is 10.1. The van der Waals surface area contributed by atoms with E-state index in [0.717, 1.165) is 30.0 Å². The first-order chi connectivity index (χ1) is 13.2. The molecule has 27 heavy (non-hydrogen) atoms. The van der Waals surface area contributed by atoms with Crippen LogP contribution >= 0.6 is 0 Å². The summed E-state index contributed by atoms with van der Waals surface area (Å²) in [5.41, 5.74) is 2.10. The average Bonchev–Trinajstić information content (AvgIpc) is 3.39. The van der Waals surface area contributed by atoms with Gasteiger partial charge in [-0.15, -0.1) is 0 Å². The molecule has 3 heterocycles. The molecule has 0 amide bonds. The first kappa shape index (κ1) is 16.1. The highest BCUT2D eigenvalue weighted by atomic mass is 16.7. The van der Waals surface area contributed by atoms with E-state index in [1.54, 1.807) is 0 Å². The summed E-state index contributed by atoms with van der Waals surface area (Å²) in [6.45, 7) is 1.60. The number of nitrogens with zero attached hydrogens (tertiary/aromatic N) is 3. The van der Waals surface area contributed by atoms with Crippen LogP contribution < -0.4 is 14.2 Å². The number of para-hydroxylation sites is 1. The van der Waals surface area contributed by atoms with Gasteiger partial charge in [0.05, 0.1) is 6.54 Å². The van der Waals surface area contributed by atoms with Gasteiger partial charge in [0.2, 0.25) is 18.5 Å². The molecule has 0 N–H and O–H groups in total. The summed E-state index contributed by atoms with van der Waals surface area (Å²) in [6.07, 6.45) is 1.07. The predicted molar refractivity (Wildman–Crippen MR) is 96.8 cm³/mol. The summed E-state index contributed by atoms with van der Waals surface area (Å²) >= 11 is 0. The van der Waals surface area contributed by atoms with Gasteiger partial charge >= 0.3 is 0 Å². The van der Waals surface area contributed by atoms with Gasteiger partial charge in [-0.2, -0.15) is 4.98 Å². The highest BCUT2D eigenvalue weighted by Gasteiger charge is 2.24. The van der Waals surface area contributed by atoms with E-state index >= 15 is 0 Å². The van der Waals surface area contributed by atoms with Crippen LogP contribution in [0.5, 0.6) is 17.2 Å². The Morgan fingerprint density at radius 2 is 1.96 bits per heavy atom. The molecule has 2 aliphatic rings. The zero-order valence-corrected chi connectivity index (χ0v) is 14.9. The van der Waals surface area contributed by atoms with Crippen molar-refractivity contribution in [2.24, 2.45) is 0 Å². The van der Waals surface area contributed by atoms with Crippen molar-refractivity contribution in [2.75, 3.05) is 20.4 Å². The number of ether oxygens (including phenoxy) is 3. The molecule has 7 nitrogen and oxygen atoms in total. The van der Waals surface area contributed by atoms with E-state index in [1.165, 1.54) is 5.56 Å². The second kappa shape index (κ2) is 6.59. The monoisotopic (exact) mass is 365 g/mol. The number of aromatic nitrogens is 2. The van der Waals surface area contributed by atoms with E-state index in [9.17, 15) is 0 Å². The Bertz CT molecular complexity index is 946. The molecule has 0 fully saturated rings. The highest BCUT2D eigenvalue weighted by Crippen LogP contribution is 2.35. The van der Waals surface area contributed by atoms with Gasteiger partial charge in [0, 0.05) is 18.5 Å². The third-order valence-electron chi connectivity index (χ3n) is 4.73. The van der Waals surface area contributed by atoms with Crippen molar-refractivity contribution in [2.45, 2.75) is 19.1 Å². The van der Waals surface area contributed by atoms with Crippen LogP contribution in [0.15, 0.2) is 47.0 Å². The fourth-order valence-corrected chi connectivity index (χ4v) is 3.47. The lowest BCUT2D eigenvalue weighted by Gasteiger charge is -2.18. The lowest BCUT2D eigenvalue weighted by molar-refractivity contribution is 0.155. The van der Waals surface area contributed by atoms with Gasteiger partial charge in [-0.1, -0.05) is 23.4 Å². The Hall–Kier alpha value is -3.06. The minimum Gasteiger partial charge on any atom is -0.488 e. The van der Waals surface area contributed by atoms with Crippen molar-refractivity contribution in [3.05, 3.63) is 53.9 Å². The minimum atomic E-state index is 0.142. The van der Waals surface area contributed by atoms with Gasteiger partial charge < -0.3 is 18.7 Å². The molecule has 138 valence electrons. The van der Waals surface area contributed by atoms with Crippen LogP contribution in [0.2, 0.25) is 0 Å². The molecule has 0 spiro atoms. The zero-order chi connectivity index (χ0) is 18.2. The molecule has 7 heteroatoms. The topological polar surface area (TPSA) is 69.9 Å². The smallest absolute Gasteiger partial charge is 0.241 e. The van der Waals surface area contributed by atoms with E-state index in [-0.39, 0.29) is 12.9 Å². The number of hydrogen-bond donors (Lipinski definition) is 0. The van der Waals surface area contributed by atoms with Crippen molar-refractivity contribution >= 4 is 0 Å². The molecule has 1 aromatic heterocycles. The summed E-state index contributed by atoms with van der Waals surface area (Å²) in [6, 6.07) is 13.8. The van der Waals surface area contributed by atoms with Gasteiger partial charge in [-0.25, -0.2) is 0 Å². The van der Waals surface area contributed by atoms with E-state index in [4.69, 9.17) is 18.7 Å². The minimum absolute atomic E-state index is 0.142. The normalized spacial score (nSPS) is 17.2. The molecule has 0 saturated heterocycles. The third-order valence-corrected chi connectivity index (χ3v) is 4.73. The van der Waals surface area contributed by atoms with Crippen LogP contribution in [0.25, 0.3) is 11.4 Å². The molecule has 2 aliphatic heterocycles. The number of benzene rings is 2. The van der Waals surface area contributed by atoms with Crippen LogP contribution in [0.1, 0.15) is 11.5 Å². The van der Waals surface area contributed by atoms with Gasteiger partial charge in [-0.05, 0) is 36.9 Å². The number of rotatable bonds is 5. The van der Waals surface area contributed by atoms with Gasteiger partial charge in [0.1, 0.15) is 11.9 Å². The highest BCUT2D eigenvalue weighted by molar-refractivity contribution is 5.61. The molecule has 2 aromatic carbocycles. The van der Waals surface area contributed by atoms with Gasteiger partial charge in [-0.3, -0.25) is 4.90 Å². The molecule has 0 radical (unpaired) electrons. The molecule has 0 bridgehead atoms. The molecule has 3 aromatic rings. The Morgan fingerprint density at radius 3 is 2.89 bits per heavy atom. The van der Waals surface area contributed by atoms with Crippen molar-refractivity contribution in [3.63, 3.8) is 0 Å². The first-order valence-electron chi connectivity index (χ1n) is 8.90. The number of likely N-dealkylation sites (N-methyl/N-ethyl adjacent to an activating group) is 1. The quantitative estimate of drug-likeness (QED) is 0.688. The van der Waals surface area contributed by atoms with Crippen LogP contribution in [-0.4, -0.2) is 41.5 Å². The molecule has 1 atom stereocenters. The molecule has 0 aliphatic carbocycles. The van der Waals surface area contributed by atoms with Crippen LogP contribution in [0, 0.1) is 0 Å². The molecular formula is C20H19N3O4. The second-order valence-corrected chi connectivity index (χ2v) is 6.83. The predicted octanol–water partition coefficient (Wildman–Crippen LogP) is 2.90. The van der Waals surface area contributed by atoms with E-state index in [2.05, 4.69) is 21.1 Å². The largest absolute Gasteiger partial charge is 0.488 e. The van der Waals surface area contributed by atoms with Crippen molar-refractivity contribution < 1.29 is 18.7 Å². The summed E-state index contributed by atoms with van der Waals surface area (Å²) in [5.74, 6) is 3.54.